The molecule has 0 radical (unpaired) electrons. The van der Waals surface area contributed by atoms with Crippen LogP contribution in [0.4, 0.5) is 5.69 Å². The zero-order valence-corrected chi connectivity index (χ0v) is 27.2. The topological polar surface area (TPSA) is 32.7 Å². The van der Waals surface area contributed by atoms with Crippen LogP contribution < -0.4 is 0 Å². The molecule has 0 aliphatic carbocycles. The van der Waals surface area contributed by atoms with E-state index in [1.807, 2.05) is 17.0 Å². The Morgan fingerprint density at radius 3 is 1.78 bits per heavy atom. The zero-order valence-electron chi connectivity index (χ0n) is 26.4. The molecule has 224 valence electrons. The van der Waals surface area contributed by atoms with Gasteiger partial charge in [0.25, 0.3) is 5.91 Å². The van der Waals surface area contributed by atoms with Crippen molar-refractivity contribution < 1.29 is 4.79 Å². The second kappa shape index (κ2) is 19.0. The SMILES string of the molecule is CCCCCCCCCCCCCCCCN1C(=O)/C(=C/c2ccccc2C)S/C1=N/c1c(CC)cccc1CC. The van der Waals surface area contributed by atoms with Gasteiger partial charge < -0.3 is 0 Å². The summed E-state index contributed by atoms with van der Waals surface area (Å²) in [6.07, 6.45) is 22.6. The first-order chi connectivity index (χ1) is 20.1. The Bertz CT molecular complexity index is 1110. The van der Waals surface area contributed by atoms with Crippen LogP contribution in [0.15, 0.2) is 52.4 Å². The fourth-order valence-electron chi connectivity index (χ4n) is 5.60. The number of amides is 1. The van der Waals surface area contributed by atoms with Gasteiger partial charge in [-0.3, -0.25) is 9.69 Å². The Kier molecular flexibility index (Phi) is 15.4. The number of thioether (sulfide) groups is 1. The molecule has 0 spiro atoms. The Labute approximate surface area is 255 Å². The molecule has 3 rings (SSSR count). The molecule has 0 bridgehead atoms. The second-order valence-corrected chi connectivity index (χ2v) is 12.6. The van der Waals surface area contributed by atoms with Gasteiger partial charge in [-0.25, -0.2) is 4.99 Å². The summed E-state index contributed by atoms with van der Waals surface area (Å²) in [6.45, 7) is 9.49. The van der Waals surface area contributed by atoms with E-state index in [0.717, 1.165) is 47.1 Å². The van der Waals surface area contributed by atoms with Crippen molar-refractivity contribution in [1.82, 2.24) is 4.90 Å². The van der Waals surface area contributed by atoms with Crippen LogP contribution in [0, 0.1) is 6.92 Å². The summed E-state index contributed by atoms with van der Waals surface area (Å²) in [5.74, 6) is 0.0960. The first kappa shape index (κ1) is 33.2. The first-order valence-corrected chi connectivity index (χ1v) is 17.4. The molecule has 0 N–H and O–H groups in total. The average Bonchev–Trinajstić information content (AvgIpc) is 3.27. The lowest BCUT2D eigenvalue weighted by Crippen LogP contribution is -2.30. The number of carbonyl (C=O) groups excluding carboxylic acids is 1. The summed E-state index contributed by atoms with van der Waals surface area (Å²) in [6, 6.07) is 14.7. The maximum absolute atomic E-state index is 13.7. The number of unbranched alkanes of at least 4 members (excludes halogenated alkanes) is 13. The van der Waals surface area contributed by atoms with E-state index in [4.69, 9.17) is 4.99 Å². The van der Waals surface area contributed by atoms with Crippen molar-refractivity contribution >= 4 is 34.6 Å². The molecular weight excluding hydrogens is 520 g/mol. The molecule has 0 aromatic heterocycles. The van der Waals surface area contributed by atoms with E-state index >= 15 is 0 Å². The van der Waals surface area contributed by atoms with Gasteiger partial charge in [-0.2, -0.15) is 0 Å². The van der Waals surface area contributed by atoms with Crippen LogP contribution >= 0.6 is 11.8 Å². The van der Waals surface area contributed by atoms with Gasteiger partial charge in [0.1, 0.15) is 0 Å². The van der Waals surface area contributed by atoms with Crippen molar-refractivity contribution in [3.8, 4) is 0 Å². The predicted molar refractivity (Wildman–Crippen MR) is 181 cm³/mol. The van der Waals surface area contributed by atoms with Gasteiger partial charge in [0.05, 0.1) is 10.6 Å². The van der Waals surface area contributed by atoms with Crippen LogP contribution in [0.3, 0.4) is 0 Å². The van der Waals surface area contributed by atoms with Crippen LogP contribution in [0.5, 0.6) is 0 Å². The van der Waals surface area contributed by atoms with Gasteiger partial charge in [0.15, 0.2) is 5.17 Å². The molecule has 1 aliphatic rings. The van der Waals surface area contributed by atoms with Gasteiger partial charge in [0.2, 0.25) is 0 Å². The molecule has 0 atom stereocenters. The Hall–Kier alpha value is -2.33. The van der Waals surface area contributed by atoms with Crippen LogP contribution in [0.1, 0.15) is 133 Å². The minimum absolute atomic E-state index is 0.0960. The van der Waals surface area contributed by atoms with Gasteiger partial charge in [0, 0.05) is 6.54 Å². The minimum atomic E-state index is 0.0960. The molecule has 1 fully saturated rings. The number of amidine groups is 1. The highest BCUT2D eigenvalue weighted by molar-refractivity contribution is 8.18. The van der Waals surface area contributed by atoms with E-state index in [1.54, 1.807) is 0 Å². The van der Waals surface area contributed by atoms with Gasteiger partial charge >= 0.3 is 0 Å². The molecule has 41 heavy (non-hydrogen) atoms. The molecule has 0 saturated carbocycles. The highest BCUT2D eigenvalue weighted by Gasteiger charge is 2.33. The summed E-state index contributed by atoms with van der Waals surface area (Å²) in [7, 11) is 0. The maximum Gasteiger partial charge on any atom is 0.266 e. The van der Waals surface area contributed by atoms with Crippen LogP contribution in [-0.2, 0) is 17.6 Å². The van der Waals surface area contributed by atoms with E-state index < -0.39 is 0 Å². The highest BCUT2D eigenvalue weighted by Crippen LogP contribution is 2.36. The number of para-hydroxylation sites is 1. The van der Waals surface area contributed by atoms with Crippen molar-refractivity contribution in [2.45, 2.75) is 130 Å². The molecule has 1 heterocycles. The molecule has 1 amide bonds. The third-order valence-electron chi connectivity index (χ3n) is 8.27. The first-order valence-electron chi connectivity index (χ1n) is 16.6. The zero-order chi connectivity index (χ0) is 29.3. The van der Waals surface area contributed by atoms with Crippen molar-refractivity contribution in [3.63, 3.8) is 0 Å². The Balaban J connectivity index is 1.55. The Morgan fingerprint density at radius 2 is 1.24 bits per heavy atom. The van der Waals surface area contributed by atoms with E-state index in [-0.39, 0.29) is 5.91 Å². The smallest absolute Gasteiger partial charge is 0.266 e. The average molecular weight is 575 g/mol. The molecular formula is C37H54N2OS. The molecule has 1 aliphatic heterocycles. The third kappa shape index (κ3) is 10.8. The van der Waals surface area contributed by atoms with E-state index in [2.05, 4.69) is 64.1 Å². The minimum Gasteiger partial charge on any atom is -0.286 e. The lowest BCUT2D eigenvalue weighted by atomic mass is 10.0. The fourth-order valence-corrected chi connectivity index (χ4v) is 6.60. The third-order valence-corrected chi connectivity index (χ3v) is 9.28. The Morgan fingerprint density at radius 1 is 0.707 bits per heavy atom. The maximum atomic E-state index is 13.7. The quantitative estimate of drug-likeness (QED) is 0.123. The monoisotopic (exact) mass is 574 g/mol. The lowest BCUT2D eigenvalue weighted by Gasteiger charge is -2.17. The van der Waals surface area contributed by atoms with Crippen molar-refractivity contribution in [2.24, 2.45) is 4.99 Å². The van der Waals surface area contributed by atoms with Crippen molar-refractivity contribution in [2.75, 3.05) is 6.54 Å². The summed E-state index contributed by atoms with van der Waals surface area (Å²) in [5, 5.41) is 0.833. The molecule has 1 saturated heterocycles. The number of benzene rings is 2. The molecule has 3 nitrogen and oxygen atoms in total. The number of rotatable bonds is 19. The number of aliphatic imine (C=N–C) groups is 1. The van der Waals surface area contributed by atoms with E-state index in [0.29, 0.717) is 0 Å². The molecule has 0 unspecified atom stereocenters. The molecule has 4 heteroatoms. The lowest BCUT2D eigenvalue weighted by molar-refractivity contribution is -0.122. The summed E-state index contributed by atoms with van der Waals surface area (Å²) < 4.78 is 0. The van der Waals surface area contributed by atoms with Crippen molar-refractivity contribution in [1.29, 1.82) is 0 Å². The number of nitrogens with zero attached hydrogens (tertiary/aromatic N) is 2. The fraction of sp³-hybridized carbons (Fsp3) is 0.568. The number of hydrogen-bond acceptors (Lipinski definition) is 3. The van der Waals surface area contributed by atoms with Gasteiger partial charge in [-0.05, 0) is 66.3 Å². The van der Waals surface area contributed by atoms with Crippen molar-refractivity contribution in [3.05, 3.63) is 69.6 Å². The molecule has 2 aromatic rings. The summed E-state index contributed by atoms with van der Waals surface area (Å²) >= 11 is 1.54. The van der Waals surface area contributed by atoms with Gasteiger partial charge in [-0.15, -0.1) is 0 Å². The second-order valence-electron chi connectivity index (χ2n) is 11.5. The molecule has 2 aromatic carbocycles. The van der Waals surface area contributed by atoms with Crippen LogP contribution in [-0.4, -0.2) is 22.5 Å². The van der Waals surface area contributed by atoms with Crippen LogP contribution in [0.25, 0.3) is 6.08 Å². The summed E-state index contributed by atoms with van der Waals surface area (Å²) in [4.78, 5) is 21.5. The van der Waals surface area contributed by atoms with E-state index in [9.17, 15) is 4.79 Å². The van der Waals surface area contributed by atoms with Crippen LogP contribution in [0.2, 0.25) is 0 Å². The van der Waals surface area contributed by atoms with E-state index in [1.165, 1.54) is 112 Å². The predicted octanol–water partition coefficient (Wildman–Crippen LogP) is 11.2. The number of aryl methyl sites for hydroxylation is 3. The largest absolute Gasteiger partial charge is 0.286 e. The highest BCUT2D eigenvalue weighted by atomic mass is 32.2. The number of hydrogen-bond donors (Lipinski definition) is 0. The number of carbonyl (C=O) groups is 1. The van der Waals surface area contributed by atoms with Gasteiger partial charge in [-0.1, -0.05) is 147 Å². The summed E-state index contributed by atoms with van der Waals surface area (Å²) in [5.41, 5.74) is 5.83. The standard InChI is InChI=1S/C37H54N2OS/c1-5-8-9-10-11-12-13-14-15-16-17-18-19-22-28-39-36(40)34(29-33-25-21-20-24-30(33)4)41-37(39)38-35-31(6-2)26-23-27-32(35)7-3/h20-21,23-27,29H,5-19,22,28H2,1-4H3/b34-29-,38-37+. The normalized spacial score (nSPS) is 15.5.